The largest absolute Gasteiger partial charge is 0.462 e. The summed E-state index contributed by atoms with van der Waals surface area (Å²) in [6.45, 7) is 4.93. The molecule has 1 unspecified atom stereocenters. The Morgan fingerprint density at radius 2 is 1.19 bits per heavy atom. The maximum absolute atomic E-state index is 12.7. The Kier molecular flexibility index (Phi) is 14.4. The first-order valence-electron chi connectivity index (χ1n) is 13.8. The number of nitrogens with one attached hydrogen (secondary N) is 1. The van der Waals surface area contributed by atoms with Gasteiger partial charge in [-0.2, -0.15) is 0 Å². The van der Waals surface area contributed by atoms with Gasteiger partial charge in [0.2, 0.25) is 0 Å². The summed E-state index contributed by atoms with van der Waals surface area (Å²) in [6, 6.07) is 13.6. The Hall–Kier alpha value is -2.82. The second-order valence-corrected chi connectivity index (χ2v) is 9.61. The highest BCUT2D eigenvalue weighted by Crippen LogP contribution is 2.21. The average molecular weight is 496 g/mol. The van der Waals surface area contributed by atoms with Gasteiger partial charge in [-0.25, -0.2) is 9.59 Å². The lowest BCUT2D eigenvalue weighted by molar-refractivity contribution is 0.0421. The van der Waals surface area contributed by atoms with Crippen molar-refractivity contribution in [3.8, 4) is 5.75 Å². The fourth-order valence-electron chi connectivity index (χ4n) is 4.26. The van der Waals surface area contributed by atoms with Crippen molar-refractivity contribution in [3.63, 3.8) is 0 Å². The van der Waals surface area contributed by atoms with Crippen LogP contribution in [0.25, 0.3) is 0 Å². The minimum absolute atomic E-state index is 0.334. The van der Waals surface area contributed by atoms with E-state index in [-0.39, 0.29) is 5.97 Å². The number of carbonyl (C=O) groups is 2. The van der Waals surface area contributed by atoms with Crippen molar-refractivity contribution in [2.24, 2.45) is 5.92 Å². The smallest absolute Gasteiger partial charge is 0.343 e. The van der Waals surface area contributed by atoms with Crippen LogP contribution in [0.2, 0.25) is 0 Å². The SMILES string of the molecule is CCCCCCCCC(CCCCCC)COC(=O)c1ccc(C(=O)Oc2ccc(NC)cc2)cc1. The van der Waals surface area contributed by atoms with Crippen LogP contribution in [0.4, 0.5) is 5.69 Å². The van der Waals surface area contributed by atoms with Gasteiger partial charge in [-0.3, -0.25) is 0 Å². The number of carbonyl (C=O) groups excluding carboxylic acids is 2. The van der Waals surface area contributed by atoms with Crippen molar-refractivity contribution in [1.82, 2.24) is 0 Å². The molecule has 36 heavy (non-hydrogen) atoms. The molecular weight excluding hydrogens is 450 g/mol. The van der Waals surface area contributed by atoms with Gasteiger partial charge < -0.3 is 14.8 Å². The van der Waals surface area contributed by atoms with Crippen LogP contribution in [0, 0.1) is 5.92 Å². The molecular formula is C31H45NO4. The van der Waals surface area contributed by atoms with Gasteiger partial charge in [-0.15, -0.1) is 0 Å². The Labute approximate surface area is 218 Å². The zero-order valence-corrected chi connectivity index (χ0v) is 22.5. The third-order valence-electron chi connectivity index (χ3n) is 6.59. The summed E-state index contributed by atoms with van der Waals surface area (Å²) in [6.07, 6.45) is 14.8. The van der Waals surface area contributed by atoms with E-state index >= 15 is 0 Å². The molecule has 2 rings (SSSR count). The van der Waals surface area contributed by atoms with Gasteiger partial charge in [0.15, 0.2) is 0 Å². The van der Waals surface area contributed by atoms with E-state index in [0.29, 0.717) is 29.4 Å². The molecule has 1 atom stereocenters. The molecule has 2 aromatic rings. The van der Waals surface area contributed by atoms with Crippen molar-refractivity contribution in [1.29, 1.82) is 0 Å². The van der Waals surface area contributed by atoms with E-state index in [1.807, 2.05) is 19.2 Å². The molecule has 0 saturated heterocycles. The fraction of sp³-hybridized carbons (Fsp3) is 0.548. The molecule has 198 valence electrons. The van der Waals surface area contributed by atoms with E-state index in [9.17, 15) is 9.59 Å². The van der Waals surface area contributed by atoms with Gasteiger partial charge in [0.25, 0.3) is 0 Å². The number of hydrogen-bond acceptors (Lipinski definition) is 5. The van der Waals surface area contributed by atoms with Crippen LogP contribution in [0.1, 0.15) is 112 Å². The number of anilines is 1. The summed E-state index contributed by atoms with van der Waals surface area (Å²) in [5, 5.41) is 3.02. The maximum atomic E-state index is 12.7. The van der Waals surface area contributed by atoms with E-state index in [1.54, 1.807) is 36.4 Å². The summed E-state index contributed by atoms with van der Waals surface area (Å²) in [7, 11) is 1.83. The highest BCUT2D eigenvalue weighted by molar-refractivity contribution is 5.94. The first kappa shape index (κ1) is 29.4. The van der Waals surface area contributed by atoms with Gasteiger partial charge in [0, 0.05) is 12.7 Å². The molecule has 0 radical (unpaired) electrons. The summed E-state index contributed by atoms with van der Waals surface area (Å²) < 4.78 is 11.1. The summed E-state index contributed by atoms with van der Waals surface area (Å²) in [5.41, 5.74) is 1.78. The zero-order chi connectivity index (χ0) is 26.0. The van der Waals surface area contributed by atoms with Crippen molar-refractivity contribution >= 4 is 17.6 Å². The lowest BCUT2D eigenvalue weighted by atomic mass is 9.95. The quantitative estimate of drug-likeness (QED) is 0.128. The van der Waals surface area contributed by atoms with Gasteiger partial charge in [-0.1, -0.05) is 78.1 Å². The molecule has 0 amide bonds. The van der Waals surface area contributed by atoms with Crippen molar-refractivity contribution < 1.29 is 19.1 Å². The normalized spacial score (nSPS) is 11.6. The van der Waals surface area contributed by atoms with Crippen molar-refractivity contribution in [2.45, 2.75) is 90.9 Å². The standard InChI is InChI=1S/C31H45NO4/c1-4-6-8-10-11-13-15-25(14-12-9-7-5-2)24-35-30(33)26-16-18-27(19-17-26)31(34)36-29-22-20-28(32-3)21-23-29/h16-23,25,32H,4-15,24H2,1-3H3. The van der Waals surface area contributed by atoms with Crippen LogP contribution >= 0.6 is 0 Å². The first-order chi connectivity index (χ1) is 17.6. The van der Waals surface area contributed by atoms with Gasteiger partial charge >= 0.3 is 11.9 Å². The minimum atomic E-state index is -0.460. The lowest BCUT2D eigenvalue weighted by Crippen LogP contribution is -2.15. The van der Waals surface area contributed by atoms with Crippen LogP contribution in [-0.2, 0) is 4.74 Å². The number of rotatable bonds is 18. The molecule has 0 fully saturated rings. The molecule has 2 aromatic carbocycles. The number of unbranched alkanes of at least 4 members (excludes halogenated alkanes) is 8. The molecule has 0 aliphatic heterocycles. The molecule has 0 heterocycles. The third kappa shape index (κ3) is 11.3. The number of benzene rings is 2. The highest BCUT2D eigenvalue weighted by Gasteiger charge is 2.15. The van der Waals surface area contributed by atoms with E-state index in [0.717, 1.165) is 18.5 Å². The number of ether oxygens (including phenoxy) is 2. The molecule has 5 nitrogen and oxygen atoms in total. The van der Waals surface area contributed by atoms with E-state index in [2.05, 4.69) is 19.2 Å². The average Bonchev–Trinajstić information content (AvgIpc) is 2.91. The van der Waals surface area contributed by atoms with E-state index in [1.165, 1.54) is 64.2 Å². The molecule has 0 aliphatic carbocycles. The van der Waals surface area contributed by atoms with Crippen LogP contribution in [-0.4, -0.2) is 25.6 Å². The van der Waals surface area contributed by atoms with Crippen LogP contribution in [0.5, 0.6) is 5.75 Å². The summed E-state index contributed by atoms with van der Waals surface area (Å²) in [4.78, 5) is 25.1. The molecule has 0 aliphatic rings. The van der Waals surface area contributed by atoms with Crippen molar-refractivity contribution in [2.75, 3.05) is 19.0 Å². The van der Waals surface area contributed by atoms with Gasteiger partial charge in [0.05, 0.1) is 17.7 Å². The van der Waals surface area contributed by atoms with Crippen LogP contribution < -0.4 is 10.1 Å². The predicted molar refractivity (Wildman–Crippen MR) is 148 cm³/mol. The highest BCUT2D eigenvalue weighted by atomic mass is 16.5. The Balaban J connectivity index is 1.83. The monoisotopic (exact) mass is 495 g/mol. The second-order valence-electron chi connectivity index (χ2n) is 9.61. The fourth-order valence-corrected chi connectivity index (χ4v) is 4.26. The third-order valence-corrected chi connectivity index (χ3v) is 6.59. The number of hydrogen-bond donors (Lipinski definition) is 1. The molecule has 1 N–H and O–H groups in total. The number of esters is 2. The van der Waals surface area contributed by atoms with E-state index < -0.39 is 5.97 Å². The topological polar surface area (TPSA) is 64.6 Å². The lowest BCUT2D eigenvalue weighted by Gasteiger charge is -2.17. The van der Waals surface area contributed by atoms with E-state index in [4.69, 9.17) is 9.47 Å². The second kappa shape index (κ2) is 17.6. The van der Waals surface area contributed by atoms with Crippen LogP contribution in [0.3, 0.4) is 0 Å². The maximum Gasteiger partial charge on any atom is 0.343 e. The minimum Gasteiger partial charge on any atom is -0.462 e. The van der Waals surface area contributed by atoms with Gasteiger partial charge in [0.1, 0.15) is 5.75 Å². The first-order valence-corrected chi connectivity index (χ1v) is 13.8. The Morgan fingerprint density at radius 1 is 0.694 bits per heavy atom. The van der Waals surface area contributed by atoms with Gasteiger partial charge in [-0.05, 0) is 67.3 Å². The van der Waals surface area contributed by atoms with Crippen LogP contribution in [0.15, 0.2) is 48.5 Å². The zero-order valence-electron chi connectivity index (χ0n) is 22.5. The molecule has 0 spiro atoms. The molecule has 5 heteroatoms. The molecule has 0 aromatic heterocycles. The Morgan fingerprint density at radius 3 is 1.75 bits per heavy atom. The van der Waals surface area contributed by atoms with Crippen molar-refractivity contribution in [3.05, 3.63) is 59.7 Å². The molecule has 0 bridgehead atoms. The summed E-state index contributed by atoms with van der Waals surface area (Å²) in [5.74, 6) is 0.0932. The summed E-state index contributed by atoms with van der Waals surface area (Å²) >= 11 is 0. The predicted octanol–water partition coefficient (Wildman–Crippen LogP) is 8.44. The Bertz CT molecular complexity index is 876. The molecule has 0 saturated carbocycles.